The van der Waals surface area contributed by atoms with E-state index in [2.05, 4.69) is 79.2 Å². The van der Waals surface area contributed by atoms with Gasteiger partial charge in [-0.3, -0.25) is 0 Å². The lowest BCUT2D eigenvalue weighted by atomic mass is 10.1. The van der Waals surface area contributed by atoms with Crippen molar-refractivity contribution in [2.75, 3.05) is 0 Å². The van der Waals surface area contributed by atoms with Crippen molar-refractivity contribution in [3.63, 3.8) is 0 Å². The van der Waals surface area contributed by atoms with Gasteiger partial charge in [0.05, 0.1) is 4.88 Å². The van der Waals surface area contributed by atoms with Crippen LogP contribution in [0.15, 0.2) is 67.8 Å². The lowest BCUT2D eigenvalue weighted by molar-refractivity contribution is 1.78. The normalized spacial score (nSPS) is 11.3. The number of rotatable bonds is 4. The molecule has 0 radical (unpaired) electrons. The van der Waals surface area contributed by atoms with Crippen LogP contribution in [-0.4, -0.2) is 0 Å². The first-order valence-electron chi connectivity index (χ1n) is 7.83. The summed E-state index contributed by atoms with van der Waals surface area (Å²) in [5.74, 6) is 0. The van der Waals surface area contributed by atoms with Crippen LogP contribution in [0.25, 0.3) is 41.1 Å². The van der Waals surface area contributed by atoms with Crippen LogP contribution in [0.3, 0.4) is 0 Å². The molecule has 0 atom stereocenters. The molecule has 5 rings (SSSR count). The van der Waals surface area contributed by atoms with E-state index in [0.717, 1.165) is 0 Å². The maximum atomic E-state index is 3.70. The van der Waals surface area contributed by atoms with Crippen LogP contribution in [0.4, 0.5) is 0 Å². The average molecular weight is 492 g/mol. The average Bonchev–Trinajstić information content (AvgIpc) is 3.42. The summed E-state index contributed by atoms with van der Waals surface area (Å²) in [6.07, 6.45) is 0. The van der Waals surface area contributed by atoms with Crippen LogP contribution in [0.2, 0.25) is 0 Å². The minimum Gasteiger partial charge on any atom is -0.143 e. The second-order valence-corrected chi connectivity index (χ2v) is 11.0. The third-order valence-corrected chi connectivity index (χ3v) is 9.82. The van der Waals surface area contributed by atoms with Gasteiger partial charge in [0, 0.05) is 40.7 Å². The molecule has 5 aromatic rings. The van der Waals surface area contributed by atoms with Gasteiger partial charge in [0.15, 0.2) is 0 Å². The van der Waals surface area contributed by atoms with Gasteiger partial charge in [-0.15, -0.1) is 56.7 Å². The monoisotopic (exact) mass is 490 g/mol. The molecule has 0 fully saturated rings. The highest BCUT2D eigenvalue weighted by Crippen LogP contribution is 2.49. The molecule has 5 aromatic heterocycles. The van der Waals surface area contributed by atoms with Gasteiger partial charge in [-0.25, -0.2) is 0 Å². The molecule has 0 aliphatic heterocycles. The molecule has 0 amide bonds. The number of hydrogen-bond donors (Lipinski definition) is 0. The third kappa shape index (κ3) is 2.89. The molecule has 0 N–H and O–H groups in total. The van der Waals surface area contributed by atoms with Crippen molar-refractivity contribution in [2.45, 2.75) is 0 Å². The molecule has 0 nitrogen and oxygen atoms in total. The molecule has 0 bridgehead atoms. The number of halogens is 1. The van der Waals surface area contributed by atoms with E-state index in [1.807, 2.05) is 45.3 Å². The fraction of sp³-hybridized carbons (Fsp3) is 0. The summed E-state index contributed by atoms with van der Waals surface area (Å²) in [6.45, 7) is 0. The van der Waals surface area contributed by atoms with E-state index in [0.29, 0.717) is 0 Å². The smallest absolute Gasteiger partial charge is 0.0529 e. The maximum absolute atomic E-state index is 3.70. The van der Waals surface area contributed by atoms with Crippen molar-refractivity contribution in [2.24, 2.45) is 0 Å². The van der Waals surface area contributed by atoms with Gasteiger partial charge < -0.3 is 0 Å². The molecule has 26 heavy (non-hydrogen) atoms. The fourth-order valence-electron chi connectivity index (χ4n) is 2.97. The Kier molecular flexibility index (Phi) is 4.73. The largest absolute Gasteiger partial charge is 0.143 e. The summed E-state index contributed by atoms with van der Waals surface area (Å²) in [7, 11) is 0. The maximum Gasteiger partial charge on any atom is 0.0529 e. The molecular weight excluding hydrogens is 480 g/mol. The predicted molar refractivity (Wildman–Crippen MR) is 125 cm³/mol. The Bertz CT molecular complexity index is 1150. The highest BCUT2D eigenvalue weighted by molar-refractivity contribution is 9.10. The molecule has 5 heterocycles. The molecule has 6 heteroatoms. The molecule has 0 saturated heterocycles. The van der Waals surface area contributed by atoms with Crippen LogP contribution in [0.1, 0.15) is 0 Å². The summed E-state index contributed by atoms with van der Waals surface area (Å²) in [5.41, 5.74) is 4.02. The van der Waals surface area contributed by atoms with E-state index in [-0.39, 0.29) is 0 Å². The second kappa shape index (κ2) is 7.19. The van der Waals surface area contributed by atoms with Crippen LogP contribution >= 0.6 is 72.6 Å². The van der Waals surface area contributed by atoms with Gasteiger partial charge in [-0.05, 0) is 73.2 Å². The van der Waals surface area contributed by atoms with Gasteiger partial charge in [0.25, 0.3) is 0 Å². The summed E-state index contributed by atoms with van der Waals surface area (Å²) >= 11 is 12.8. The second-order valence-electron chi connectivity index (χ2n) is 5.57. The van der Waals surface area contributed by atoms with Crippen molar-refractivity contribution >= 4 is 72.6 Å². The highest BCUT2D eigenvalue weighted by atomic mass is 79.9. The topological polar surface area (TPSA) is 0 Å². The molecule has 0 aliphatic carbocycles. The SMILES string of the molecule is Brc1ccsc1-c1ccsc1-c1ccsc1-c1ccsc1-c1cccs1. The lowest BCUT2D eigenvalue weighted by Gasteiger charge is -2.06. The van der Waals surface area contributed by atoms with Crippen molar-refractivity contribution in [1.82, 2.24) is 0 Å². The summed E-state index contributed by atoms with van der Waals surface area (Å²) in [6, 6.07) is 13.3. The zero-order valence-electron chi connectivity index (χ0n) is 13.3. The highest BCUT2D eigenvalue weighted by Gasteiger charge is 2.20. The molecule has 0 aromatic carbocycles. The Morgan fingerprint density at radius 3 is 1.62 bits per heavy atom. The van der Waals surface area contributed by atoms with Crippen molar-refractivity contribution < 1.29 is 0 Å². The van der Waals surface area contributed by atoms with E-state index in [9.17, 15) is 0 Å². The van der Waals surface area contributed by atoms with Crippen molar-refractivity contribution in [1.29, 1.82) is 0 Å². The minimum atomic E-state index is 1.17. The lowest BCUT2D eigenvalue weighted by Crippen LogP contribution is -1.79. The zero-order valence-corrected chi connectivity index (χ0v) is 18.9. The van der Waals surface area contributed by atoms with Crippen molar-refractivity contribution in [3.8, 4) is 41.1 Å². The Hall–Kier alpha value is -1.02. The Morgan fingerprint density at radius 1 is 0.500 bits per heavy atom. The first kappa shape index (κ1) is 17.1. The first-order valence-corrected chi connectivity index (χ1v) is 13.0. The van der Waals surface area contributed by atoms with Crippen LogP contribution in [0, 0.1) is 0 Å². The Labute approximate surface area is 180 Å². The van der Waals surface area contributed by atoms with Gasteiger partial charge >= 0.3 is 0 Å². The summed E-state index contributed by atoms with van der Waals surface area (Å²) in [4.78, 5) is 6.75. The zero-order chi connectivity index (χ0) is 17.5. The number of thiophene rings is 5. The predicted octanol–water partition coefficient (Wildman–Crippen LogP) is 9.42. The van der Waals surface area contributed by atoms with Crippen LogP contribution < -0.4 is 0 Å². The fourth-order valence-corrected chi connectivity index (χ4v) is 8.44. The summed E-state index contributed by atoms with van der Waals surface area (Å²) in [5, 5.41) is 10.9. The molecule has 0 unspecified atom stereocenters. The molecule has 128 valence electrons. The van der Waals surface area contributed by atoms with E-state index < -0.39 is 0 Å². The van der Waals surface area contributed by atoms with E-state index in [4.69, 9.17) is 0 Å². The first-order chi connectivity index (χ1) is 12.8. The van der Waals surface area contributed by atoms with Gasteiger partial charge in [-0.1, -0.05) is 6.07 Å². The molecule has 0 spiro atoms. The van der Waals surface area contributed by atoms with Gasteiger partial charge in [0.2, 0.25) is 0 Å². The van der Waals surface area contributed by atoms with E-state index >= 15 is 0 Å². The molecule has 0 aliphatic rings. The standard InChI is InChI=1S/C20H11BrS5/c21-15-6-11-25-19(15)13-4-9-23-17(13)12-3-8-24-18(12)14-5-10-26-20(14)16-2-1-7-22-16/h1-11H. The van der Waals surface area contributed by atoms with E-state index in [1.54, 1.807) is 11.3 Å². The molecular formula is C20H11BrS5. The Morgan fingerprint density at radius 2 is 1.04 bits per heavy atom. The quantitative estimate of drug-likeness (QED) is 0.235. The third-order valence-electron chi connectivity index (χ3n) is 4.09. The van der Waals surface area contributed by atoms with Gasteiger partial charge in [0.1, 0.15) is 0 Å². The van der Waals surface area contributed by atoms with E-state index in [1.165, 1.54) is 45.5 Å². The molecule has 0 saturated carbocycles. The van der Waals surface area contributed by atoms with Gasteiger partial charge in [-0.2, -0.15) is 0 Å². The van der Waals surface area contributed by atoms with Crippen molar-refractivity contribution in [3.05, 3.63) is 67.8 Å². The van der Waals surface area contributed by atoms with Crippen LogP contribution in [0.5, 0.6) is 0 Å². The van der Waals surface area contributed by atoms with Crippen LogP contribution in [-0.2, 0) is 0 Å². The minimum absolute atomic E-state index is 1.17. The summed E-state index contributed by atoms with van der Waals surface area (Å²) < 4.78 is 1.17. The Balaban J connectivity index is 1.66. The number of hydrogen-bond acceptors (Lipinski definition) is 5.